The molecule has 0 bridgehead atoms. The van der Waals surface area contributed by atoms with Crippen LogP contribution in [0.4, 0.5) is 5.13 Å². The van der Waals surface area contributed by atoms with Crippen LogP contribution in [0.25, 0.3) is 0 Å². The minimum Gasteiger partial charge on any atom is -0.346 e. The minimum atomic E-state index is 0.362. The van der Waals surface area contributed by atoms with Gasteiger partial charge in [-0.15, -0.1) is 11.3 Å². The third-order valence-electron chi connectivity index (χ3n) is 4.32. The number of hydrogen-bond acceptors (Lipinski definition) is 5. The number of anilines is 1. The summed E-state index contributed by atoms with van der Waals surface area (Å²) < 4.78 is 0. The van der Waals surface area contributed by atoms with Crippen molar-refractivity contribution in [2.45, 2.75) is 32.7 Å². The fourth-order valence-electron chi connectivity index (χ4n) is 2.82. The molecule has 4 nitrogen and oxygen atoms in total. The molecule has 1 saturated carbocycles. The van der Waals surface area contributed by atoms with E-state index in [-0.39, 0.29) is 0 Å². The maximum Gasteiger partial charge on any atom is 0.185 e. The number of rotatable bonds is 6. The van der Waals surface area contributed by atoms with Gasteiger partial charge in [0.2, 0.25) is 0 Å². The molecule has 5 heteroatoms. The monoisotopic (exact) mass is 294 g/mol. The summed E-state index contributed by atoms with van der Waals surface area (Å²) in [6.07, 6.45) is 2.91. The Kier molecular flexibility index (Phi) is 4.58. The molecule has 1 N–H and O–H groups in total. The lowest BCUT2D eigenvalue weighted by atomic mass is 10.2. The molecule has 0 spiro atoms. The van der Waals surface area contributed by atoms with Crippen molar-refractivity contribution in [2.24, 2.45) is 5.92 Å². The van der Waals surface area contributed by atoms with Crippen molar-refractivity contribution < 1.29 is 0 Å². The second kappa shape index (κ2) is 6.41. The predicted octanol–water partition coefficient (Wildman–Crippen LogP) is 2.35. The molecule has 2 fully saturated rings. The zero-order chi connectivity index (χ0) is 13.9. The van der Waals surface area contributed by atoms with Gasteiger partial charge in [-0.05, 0) is 32.2 Å². The van der Waals surface area contributed by atoms with E-state index in [1.54, 1.807) is 11.3 Å². The van der Waals surface area contributed by atoms with Crippen molar-refractivity contribution in [2.75, 3.05) is 44.2 Å². The first-order valence-corrected chi connectivity index (χ1v) is 8.80. The molecule has 20 heavy (non-hydrogen) atoms. The summed E-state index contributed by atoms with van der Waals surface area (Å²) in [5, 5.41) is 6.84. The van der Waals surface area contributed by atoms with Gasteiger partial charge in [-0.2, -0.15) is 0 Å². The Balaban J connectivity index is 1.52. The topological polar surface area (TPSA) is 31.4 Å². The van der Waals surface area contributed by atoms with E-state index >= 15 is 0 Å². The molecule has 2 heterocycles. The van der Waals surface area contributed by atoms with Crippen LogP contribution in [0, 0.1) is 5.92 Å². The van der Waals surface area contributed by atoms with E-state index in [1.807, 2.05) is 0 Å². The Morgan fingerprint density at radius 3 is 2.75 bits per heavy atom. The van der Waals surface area contributed by atoms with Gasteiger partial charge >= 0.3 is 0 Å². The molecule has 1 unspecified atom stereocenters. The molecule has 1 saturated heterocycles. The molecule has 112 valence electrons. The molecular weight excluding hydrogens is 268 g/mol. The van der Waals surface area contributed by atoms with Crippen LogP contribution in [-0.4, -0.2) is 49.2 Å². The fourth-order valence-corrected chi connectivity index (χ4v) is 3.79. The summed E-state index contributed by atoms with van der Waals surface area (Å²) in [4.78, 5) is 9.90. The highest BCUT2D eigenvalue weighted by molar-refractivity contribution is 7.13. The van der Waals surface area contributed by atoms with Gasteiger partial charge in [0.15, 0.2) is 5.13 Å². The lowest BCUT2D eigenvalue weighted by Gasteiger charge is -2.34. The number of piperazine rings is 1. The van der Waals surface area contributed by atoms with Crippen molar-refractivity contribution in [3.8, 4) is 0 Å². The van der Waals surface area contributed by atoms with Crippen LogP contribution in [0.3, 0.4) is 0 Å². The van der Waals surface area contributed by atoms with Crippen molar-refractivity contribution in [1.29, 1.82) is 0 Å². The van der Waals surface area contributed by atoms with Gasteiger partial charge in [-0.1, -0.05) is 6.92 Å². The van der Waals surface area contributed by atoms with Gasteiger partial charge in [0.25, 0.3) is 0 Å². The lowest BCUT2D eigenvalue weighted by Crippen LogP contribution is -2.47. The molecular formula is C15H26N4S. The zero-order valence-electron chi connectivity index (χ0n) is 12.6. The number of nitrogens with one attached hydrogen (secondary N) is 1. The third-order valence-corrected chi connectivity index (χ3v) is 5.24. The smallest absolute Gasteiger partial charge is 0.185 e. The second-order valence-corrected chi connectivity index (χ2v) is 6.90. The van der Waals surface area contributed by atoms with Crippen LogP contribution in [0.2, 0.25) is 0 Å². The maximum absolute atomic E-state index is 4.81. The summed E-state index contributed by atoms with van der Waals surface area (Å²) >= 11 is 1.79. The van der Waals surface area contributed by atoms with E-state index in [2.05, 4.69) is 34.3 Å². The molecule has 0 radical (unpaired) electrons. The summed E-state index contributed by atoms with van der Waals surface area (Å²) in [5.41, 5.74) is 1.19. The number of thiazole rings is 1. The molecule has 2 aliphatic rings. The molecule has 0 amide bonds. The summed E-state index contributed by atoms with van der Waals surface area (Å²) in [5.74, 6) is 1.01. The van der Waals surface area contributed by atoms with E-state index in [1.165, 1.54) is 43.3 Å². The van der Waals surface area contributed by atoms with Gasteiger partial charge in [0.05, 0.1) is 5.69 Å². The Bertz CT molecular complexity index is 421. The molecule has 1 aliphatic carbocycles. The van der Waals surface area contributed by atoms with E-state index in [9.17, 15) is 0 Å². The SMILES string of the molecule is CCNC(C)c1csc(N2CCN(CC3CC3)CC2)n1. The molecule has 1 aromatic rings. The first kappa shape index (κ1) is 14.3. The van der Waals surface area contributed by atoms with Gasteiger partial charge in [0, 0.05) is 44.1 Å². The summed E-state index contributed by atoms with van der Waals surface area (Å²) in [6.45, 7) is 11.3. The first-order valence-electron chi connectivity index (χ1n) is 7.92. The van der Waals surface area contributed by atoms with E-state index < -0.39 is 0 Å². The standard InChI is InChI=1S/C15H26N4S/c1-3-16-12(2)14-11-20-15(17-14)19-8-6-18(7-9-19)10-13-4-5-13/h11-13,16H,3-10H2,1-2H3. The van der Waals surface area contributed by atoms with E-state index in [0.717, 1.165) is 25.6 Å². The highest BCUT2D eigenvalue weighted by Crippen LogP contribution is 2.30. The van der Waals surface area contributed by atoms with Crippen molar-refractivity contribution in [1.82, 2.24) is 15.2 Å². The van der Waals surface area contributed by atoms with Gasteiger partial charge in [-0.25, -0.2) is 4.98 Å². The number of aromatic nitrogens is 1. The Morgan fingerprint density at radius 1 is 1.35 bits per heavy atom. The second-order valence-electron chi connectivity index (χ2n) is 6.07. The average molecular weight is 294 g/mol. The van der Waals surface area contributed by atoms with Crippen LogP contribution in [0.5, 0.6) is 0 Å². The lowest BCUT2D eigenvalue weighted by molar-refractivity contribution is 0.248. The highest BCUT2D eigenvalue weighted by atomic mass is 32.1. The third kappa shape index (κ3) is 3.51. The van der Waals surface area contributed by atoms with Crippen molar-refractivity contribution in [3.05, 3.63) is 11.1 Å². The molecule has 3 rings (SSSR count). The van der Waals surface area contributed by atoms with Crippen LogP contribution in [0.1, 0.15) is 38.4 Å². The Labute approximate surface area is 126 Å². The maximum atomic E-state index is 4.81. The van der Waals surface area contributed by atoms with Crippen LogP contribution < -0.4 is 10.2 Å². The highest BCUT2D eigenvalue weighted by Gasteiger charge is 2.27. The van der Waals surface area contributed by atoms with Crippen LogP contribution in [-0.2, 0) is 0 Å². The van der Waals surface area contributed by atoms with Crippen LogP contribution >= 0.6 is 11.3 Å². The summed E-state index contributed by atoms with van der Waals surface area (Å²) in [7, 11) is 0. The Morgan fingerprint density at radius 2 is 2.10 bits per heavy atom. The number of hydrogen-bond donors (Lipinski definition) is 1. The zero-order valence-corrected chi connectivity index (χ0v) is 13.5. The predicted molar refractivity (Wildman–Crippen MR) is 85.6 cm³/mol. The quantitative estimate of drug-likeness (QED) is 0.872. The Hall–Kier alpha value is -0.650. The molecule has 1 aliphatic heterocycles. The minimum absolute atomic E-state index is 0.362. The largest absolute Gasteiger partial charge is 0.346 e. The van der Waals surface area contributed by atoms with E-state index in [0.29, 0.717) is 6.04 Å². The molecule has 1 aromatic heterocycles. The van der Waals surface area contributed by atoms with Gasteiger partial charge < -0.3 is 10.2 Å². The van der Waals surface area contributed by atoms with Gasteiger partial charge in [0.1, 0.15) is 0 Å². The average Bonchev–Trinajstić information content (AvgIpc) is 3.13. The number of nitrogens with zero attached hydrogens (tertiary/aromatic N) is 3. The van der Waals surface area contributed by atoms with Crippen molar-refractivity contribution in [3.63, 3.8) is 0 Å². The molecule has 0 aromatic carbocycles. The van der Waals surface area contributed by atoms with E-state index in [4.69, 9.17) is 4.98 Å². The first-order chi connectivity index (χ1) is 9.76. The van der Waals surface area contributed by atoms with Crippen molar-refractivity contribution >= 4 is 16.5 Å². The van der Waals surface area contributed by atoms with Gasteiger partial charge in [-0.3, -0.25) is 4.90 Å². The molecule has 1 atom stereocenters. The van der Waals surface area contributed by atoms with Crippen LogP contribution in [0.15, 0.2) is 5.38 Å². The summed E-state index contributed by atoms with van der Waals surface area (Å²) in [6, 6.07) is 0.362. The normalized spacial score (nSPS) is 22.2. The fraction of sp³-hybridized carbons (Fsp3) is 0.800.